The van der Waals surface area contributed by atoms with Gasteiger partial charge in [-0.2, -0.15) is 5.10 Å². The molecule has 3 aromatic rings. The summed E-state index contributed by atoms with van der Waals surface area (Å²) in [5.41, 5.74) is 10.2. The van der Waals surface area contributed by atoms with E-state index < -0.39 is 0 Å². The Labute approximate surface area is 126 Å². The average molecular weight is 328 g/mol. The summed E-state index contributed by atoms with van der Waals surface area (Å²) in [5, 5.41) is 4.56. The van der Waals surface area contributed by atoms with Gasteiger partial charge in [0.2, 0.25) is 0 Å². The summed E-state index contributed by atoms with van der Waals surface area (Å²) in [5.74, 6) is 0.668. The van der Waals surface area contributed by atoms with E-state index in [-0.39, 0.29) is 0 Å². The number of nitrogens with two attached hydrogens (primary N) is 1. The number of hydrogen-bond acceptors (Lipinski definition) is 2. The van der Waals surface area contributed by atoms with Crippen molar-refractivity contribution in [2.45, 2.75) is 0 Å². The fourth-order valence-corrected chi connectivity index (χ4v) is 2.66. The summed E-state index contributed by atoms with van der Waals surface area (Å²) < 4.78 is 2.75. The maximum absolute atomic E-state index is 6.21. The van der Waals surface area contributed by atoms with Gasteiger partial charge in [-0.15, -0.1) is 0 Å². The first-order chi connectivity index (χ1) is 9.66. The van der Waals surface area contributed by atoms with Crippen LogP contribution in [0, 0.1) is 0 Å². The number of aryl methyl sites for hydroxylation is 1. The zero-order valence-electron chi connectivity index (χ0n) is 11.0. The lowest BCUT2D eigenvalue weighted by Gasteiger charge is -2.05. The van der Waals surface area contributed by atoms with Crippen molar-refractivity contribution in [2.24, 2.45) is 7.05 Å². The van der Waals surface area contributed by atoms with Gasteiger partial charge in [-0.3, -0.25) is 4.68 Å². The quantitative estimate of drug-likeness (QED) is 0.770. The van der Waals surface area contributed by atoms with Crippen LogP contribution in [-0.2, 0) is 7.05 Å². The molecule has 0 spiro atoms. The van der Waals surface area contributed by atoms with Gasteiger partial charge in [0.15, 0.2) is 0 Å². The van der Waals surface area contributed by atoms with Crippen LogP contribution in [0.15, 0.2) is 59.1 Å². The summed E-state index contributed by atoms with van der Waals surface area (Å²) in [6.07, 6.45) is 0. The lowest BCUT2D eigenvalue weighted by atomic mass is 10.0. The van der Waals surface area contributed by atoms with Gasteiger partial charge in [-0.1, -0.05) is 58.4 Å². The molecule has 20 heavy (non-hydrogen) atoms. The summed E-state index contributed by atoms with van der Waals surface area (Å²) in [6.45, 7) is 0. The van der Waals surface area contributed by atoms with Crippen molar-refractivity contribution in [3.63, 3.8) is 0 Å². The van der Waals surface area contributed by atoms with E-state index in [1.54, 1.807) is 4.68 Å². The fourth-order valence-electron chi connectivity index (χ4n) is 2.26. The van der Waals surface area contributed by atoms with Gasteiger partial charge in [0.1, 0.15) is 11.5 Å². The molecule has 0 saturated heterocycles. The van der Waals surface area contributed by atoms with E-state index in [4.69, 9.17) is 5.73 Å². The van der Waals surface area contributed by atoms with Gasteiger partial charge in [0.25, 0.3) is 0 Å². The molecule has 0 atom stereocenters. The lowest BCUT2D eigenvalue weighted by molar-refractivity contribution is 0.782. The number of halogens is 1. The van der Waals surface area contributed by atoms with Crippen molar-refractivity contribution in [1.82, 2.24) is 9.78 Å². The fraction of sp³-hybridized carbons (Fsp3) is 0.0625. The van der Waals surface area contributed by atoms with Gasteiger partial charge in [0, 0.05) is 17.1 Å². The van der Waals surface area contributed by atoms with E-state index in [1.165, 1.54) is 0 Å². The number of nitrogen functional groups attached to an aromatic ring is 1. The highest BCUT2D eigenvalue weighted by Gasteiger charge is 2.17. The van der Waals surface area contributed by atoms with Crippen LogP contribution in [0.2, 0.25) is 0 Å². The zero-order valence-corrected chi connectivity index (χ0v) is 12.6. The van der Waals surface area contributed by atoms with Crippen molar-refractivity contribution < 1.29 is 0 Å². The van der Waals surface area contributed by atoms with Gasteiger partial charge in [-0.05, 0) is 17.7 Å². The SMILES string of the molecule is Cn1nc(-c2ccccc2)c(-c2cccc(Br)c2)c1N. The number of rotatable bonds is 2. The first kappa shape index (κ1) is 12.9. The van der Waals surface area contributed by atoms with Gasteiger partial charge in [0.05, 0.1) is 5.56 Å². The molecular weight excluding hydrogens is 314 g/mol. The number of hydrogen-bond donors (Lipinski definition) is 1. The number of benzene rings is 2. The highest BCUT2D eigenvalue weighted by atomic mass is 79.9. The molecule has 0 saturated carbocycles. The van der Waals surface area contributed by atoms with Gasteiger partial charge < -0.3 is 5.73 Å². The largest absolute Gasteiger partial charge is 0.383 e. The third-order valence-corrected chi connectivity index (χ3v) is 3.75. The van der Waals surface area contributed by atoms with Crippen LogP contribution < -0.4 is 5.73 Å². The van der Waals surface area contributed by atoms with Gasteiger partial charge in [-0.25, -0.2) is 0 Å². The molecule has 4 heteroatoms. The van der Waals surface area contributed by atoms with Crippen LogP contribution >= 0.6 is 15.9 Å². The van der Waals surface area contributed by atoms with Crippen molar-refractivity contribution in [1.29, 1.82) is 0 Å². The molecule has 100 valence electrons. The van der Waals surface area contributed by atoms with Crippen LogP contribution in [0.25, 0.3) is 22.4 Å². The molecule has 3 nitrogen and oxygen atoms in total. The van der Waals surface area contributed by atoms with Crippen molar-refractivity contribution >= 4 is 21.7 Å². The van der Waals surface area contributed by atoms with Crippen LogP contribution in [0.3, 0.4) is 0 Å². The summed E-state index contributed by atoms with van der Waals surface area (Å²) in [6, 6.07) is 18.2. The molecule has 1 heterocycles. The number of anilines is 1. The molecule has 0 fully saturated rings. The minimum Gasteiger partial charge on any atom is -0.383 e. The van der Waals surface area contributed by atoms with E-state index in [0.29, 0.717) is 5.82 Å². The smallest absolute Gasteiger partial charge is 0.129 e. The van der Waals surface area contributed by atoms with Crippen LogP contribution in [0.4, 0.5) is 5.82 Å². The molecule has 0 aliphatic carbocycles. The molecule has 2 aromatic carbocycles. The van der Waals surface area contributed by atoms with E-state index in [9.17, 15) is 0 Å². The third-order valence-electron chi connectivity index (χ3n) is 3.25. The van der Waals surface area contributed by atoms with Crippen molar-refractivity contribution in [2.75, 3.05) is 5.73 Å². The van der Waals surface area contributed by atoms with Crippen LogP contribution in [-0.4, -0.2) is 9.78 Å². The standard InChI is InChI=1S/C16H14BrN3/c1-20-16(18)14(12-8-5-9-13(17)10-12)15(19-20)11-6-3-2-4-7-11/h2-10H,18H2,1H3. The molecule has 0 aliphatic rings. The minimum absolute atomic E-state index is 0.668. The molecule has 0 aliphatic heterocycles. The Morgan fingerprint density at radius 1 is 1.00 bits per heavy atom. The summed E-state index contributed by atoms with van der Waals surface area (Å²) in [7, 11) is 1.86. The van der Waals surface area contributed by atoms with E-state index in [0.717, 1.165) is 26.9 Å². The Morgan fingerprint density at radius 2 is 1.70 bits per heavy atom. The third kappa shape index (κ3) is 2.23. The second kappa shape index (κ2) is 5.13. The second-order valence-corrected chi connectivity index (χ2v) is 5.52. The lowest BCUT2D eigenvalue weighted by Crippen LogP contribution is -1.97. The second-order valence-electron chi connectivity index (χ2n) is 4.61. The van der Waals surface area contributed by atoms with E-state index in [1.807, 2.05) is 55.6 Å². The molecule has 0 radical (unpaired) electrons. The van der Waals surface area contributed by atoms with Gasteiger partial charge >= 0.3 is 0 Å². The first-order valence-corrected chi connectivity index (χ1v) is 7.10. The predicted molar refractivity (Wildman–Crippen MR) is 86.2 cm³/mol. The Morgan fingerprint density at radius 3 is 2.40 bits per heavy atom. The highest BCUT2D eigenvalue weighted by molar-refractivity contribution is 9.10. The molecule has 1 aromatic heterocycles. The minimum atomic E-state index is 0.668. The zero-order chi connectivity index (χ0) is 14.1. The Bertz CT molecular complexity index is 748. The average Bonchev–Trinajstić information content (AvgIpc) is 2.76. The molecule has 0 bridgehead atoms. The Balaban J connectivity index is 2.25. The first-order valence-electron chi connectivity index (χ1n) is 6.30. The topological polar surface area (TPSA) is 43.8 Å². The van der Waals surface area contributed by atoms with Crippen molar-refractivity contribution in [3.05, 3.63) is 59.1 Å². The maximum Gasteiger partial charge on any atom is 0.129 e. The maximum atomic E-state index is 6.21. The van der Waals surface area contributed by atoms with Crippen molar-refractivity contribution in [3.8, 4) is 22.4 Å². The summed E-state index contributed by atoms with van der Waals surface area (Å²) in [4.78, 5) is 0. The Hall–Kier alpha value is -2.07. The summed E-state index contributed by atoms with van der Waals surface area (Å²) >= 11 is 3.50. The molecule has 0 unspecified atom stereocenters. The van der Waals surface area contributed by atoms with Crippen LogP contribution in [0.5, 0.6) is 0 Å². The molecule has 3 rings (SSSR count). The normalized spacial score (nSPS) is 10.7. The van der Waals surface area contributed by atoms with E-state index in [2.05, 4.69) is 27.1 Å². The van der Waals surface area contributed by atoms with E-state index >= 15 is 0 Å². The molecule has 0 amide bonds. The Kier molecular flexibility index (Phi) is 3.32. The van der Waals surface area contributed by atoms with Crippen LogP contribution in [0.1, 0.15) is 0 Å². The molecular formula is C16H14BrN3. The highest BCUT2D eigenvalue weighted by Crippen LogP contribution is 2.36. The molecule has 2 N–H and O–H groups in total. The number of aromatic nitrogens is 2. The number of nitrogens with zero attached hydrogens (tertiary/aromatic N) is 2. The monoisotopic (exact) mass is 327 g/mol. The predicted octanol–water partition coefficient (Wildman–Crippen LogP) is 4.10.